The van der Waals surface area contributed by atoms with Gasteiger partial charge < -0.3 is 15.0 Å². The lowest BCUT2D eigenvalue weighted by Gasteiger charge is -2.47. The van der Waals surface area contributed by atoms with E-state index in [0.717, 1.165) is 18.4 Å². The minimum atomic E-state index is -0.345. The molecule has 5 nitrogen and oxygen atoms in total. The third kappa shape index (κ3) is 3.71. The van der Waals surface area contributed by atoms with Crippen LogP contribution in [-0.2, 0) is 20.9 Å². The van der Waals surface area contributed by atoms with Gasteiger partial charge in [-0.2, -0.15) is 0 Å². The zero-order valence-electron chi connectivity index (χ0n) is 15.2. The number of likely N-dealkylation sites (tertiary alicyclic amines) is 1. The molecule has 1 aromatic rings. The molecule has 1 N–H and O–H groups in total. The van der Waals surface area contributed by atoms with E-state index in [9.17, 15) is 9.59 Å². The van der Waals surface area contributed by atoms with Gasteiger partial charge in [0, 0.05) is 25.6 Å². The monoisotopic (exact) mass is 344 g/mol. The van der Waals surface area contributed by atoms with Crippen molar-refractivity contribution in [2.45, 2.75) is 33.2 Å². The SMILES string of the molecule is CC(C)C1(C(=O)N2CCC(C(=O)NCc3ccccc3)CC2)COC1. The van der Waals surface area contributed by atoms with E-state index in [2.05, 4.69) is 19.2 Å². The van der Waals surface area contributed by atoms with E-state index in [1.54, 1.807) is 0 Å². The second-order valence-corrected chi connectivity index (χ2v) is 7.57. The van der Waals surface area contributed by atoms with Crippen LogP contribution in [-0.4, -0.2) is 43.0 Å². The molecule has 2 heterocycles. The summed E-state index contributed by atoms with van der Waals surface area (Å²) in [4.78, 5) is 27.2. The van der Waals surface area contributed by atoms with Gasteiger partial charge in [-0.1, -0.05) is 44.2 Å². The van der Waals surface area contributed by atoms with Crippen LogP contribution in [0, 0.1) is 17.3 Å². The highest BCUT2D eigenvalue weighted by molar-refractivity contribution is 5.85. The van der Waals surface area contributed by atoms with Crippen molar-refractivity contribution < 1.29 is 14.3 Å². The highest BCUT2D eigenvalue weighted by Crippen LogP contribution is 2.38. The average Bonchev–Trinajstić information content (AvgIpc) is 2.59. The van der Waals surface area contributed by atoms with E-state index in [0.29, 0.717) is 32.8 Å². The van der Waals surface area contributed by atoms with E-state index < -0.39 is 0 Å². The van der Waals surface area contributed by atoms with Crippen LogP contribution >= 0.6 is 0 Å². The van der Waals surface area contributed by atoms with Gasteiger partial charge in [0.15, 0.2) is 0 Å². The predicted octanol–water partition coefficient (Wildman–Crippen LogP) is 2.21. The Balaban J connectivity index is 1.48. The summed E-state index contributed by atoms with van der Waals surface area (Å²) in [5.74, 6) is 0.583. The van der Waals surface area contributed by atoms with E-state index >= 15 is 0 Å². The molecule has 2 aliphatic rings. The number of carbonyl (C=O) groups excluding carboxylic acids is 2. The topological polar surface area (TPSA) is 58.6 Å². The predicted molar refractivity (Wildman–Crippen MR) is 95.7 cm³/mol. The first kappa shape index (κ1) is 17.9. The summed E-state index contributed by atoms with van der Waals surface area (Å²) < 4.78 is 5.33. The molecule has 0 saturated carbocycles. The Morgan fingerprint density at radius 2 is 1.84 bits per heavy atom. The Hall–Kier alpha value is -1.88. The molecule has 0 spiro atoms. The molecule has 3 rings (SSSR count). The Morgan fingerprint density at radius 1 is 1.20 bits per heavy atom. The largest absolute Gasteiger partial charge is 0.379 e. The number of hydrogen-bond donors (Lipinski definition) is 1. The minimum absolute atomic E-state index is 0.000373. The molecule has 0 aliphatic carbocycles. The van der Waals surface area contributed by atoms with Crippen molar-refractivity contribution >= 4 is 11.8 Å². The van der Waals surface area contributed by atoms with E-state index in [4.69, 9.17) is 4.74 Å². The van der Waals surface area contributed by atoms with Crippen LogP contribution in [0.1, 0.15) is 32.3 Å². The quantitative estimate of drug-likeness (QED) is 0.891. The molecule has 0 bridgehead atoms. The van der Waals surface area contributed by atoms with Crippen LogP contribution in [0.15, 0.2) is 30.3 Å². The molecular formula is C20H28N2O3. The molecule has 1 aromatic carbocycles. The Kier molecular flexibility index (Phi) is 5.42. The van der Waals surface area contributed by atoms with Crippen LogP contribution in [0.3, 0.4) is 0 Å². The zero-order valence-corrected chi connectivity index (χ0v) is 15.2. The standard InChI is InChI=1S/C20H28N2O3/c1-15(2)20(13-25-14-20)19(24)22-10-8-17(9-11-22)18(23)21-12-16-6-4-3-5-7-16/h3-7,15,17H,8-14H2,1-2H3,(H,21,23). The second-order valence-electron chi connectivity index (χ2n) is 7.57. The number of nitrogens with zero attached hydrogens (tertiary/aromatic N) is 1. The highest BCUT2D eigenvalue weighted by atomic mass is 16.5. The molecule has 5 heteroatoms. The number of amides is 2. The minimum Gasteiger partial charge on any atom is -0.379 e. The number of benzene rings is 1. The summed E-state index contributed by atoms with van der Waals surface area (Å²) >= 11 is 0. The fourth-order valence-corrected chi connectivity index (χ4v) is 3.61. The Labute approximate surface area is 149 Å². The van der Waals surface area contributed by atoms with Gasteiger partial charge in [0.2, 0.25) is 11.8 Å². The highest BCUT2D eigenvalue weighted by Gasteiger charge is 2.50. The van der Waals surface area contributed by atoms with Gasteiger partial charge in [0.25, 0.3) is 0 Å². The van der Waals surface area contributed by atoms with Gasteiger partial charge in [-0.15, -0.1) is 0 Å². The zero-order chi connectivity index (χ0) is 17.9. The molecule has 136 valence electrons. The van der Waals surface area contributed by atoms with Crippen molar-refractivity contribution in [1.29, 1.82) is 0 Å². The molecule has 2 fully saturated rings. The van der Waals surface area contributed by atoms with Crippen LogP contribution in [0.25, 0.3) is 0 Å². The third-order valence-corrected chi connectivity index (χ3v) is 5.71. The lowest BCUT2D eigenvalue weighted by molar-refractivity contribution is -0.183. The maximum Gasteiger partial charge on any atom is 0.233 e. The lowest BCUT2D eigenvalue weighted by atomic mass is 9.73. The average molecular weight is 344 g/mol. The fourth-order valence-electron chi connectivity index (χ4n) is 3.61. The van der Waals surface area contributed by atoms with Crippen LogP contribution in [0.2, 0.25) is 0 Å². The van der Waals surface area contributed by atoms with E-state index in [1.165, 1.54) is 0 Å². The summed E-state index contributed by atoms with van der Waals surface area (Å²) in [5, 5.41) is 3.02. The smallest absolute Gasteiger partial charge is 0.233 e. The first-order valence-electron chi connectivity index (χ1n) is 9.22. The van der Waals surface area contributed by atoms with Crippen molar-refractivity contribution in [3.63, 3.8) is 0 Å². The summed E-state index contributed by atoms with van der Waals surface area (Å²) in [6.45, 7) is 7.12. The van der Waals surface area contributed by atoms with E-state index in [-0.39, 0.29) is 29.1 Å². The maximum atomic E-state index is 12.9. The molecule has 0 aromatic heterocycles. The van der Waals surface area contributed by atoms with Gasteiger partial charge in [0.05, 0.1) is 18.6 Å². The number of piperidine rings is 1. The molecule has 0 unspecified atom stereocenters. The number of carbonyl (C=O) groups is 2. The lowest BCUT2D eigenvalue weighted by Crippen LogP contribution is -2.59. The normalized spacial score (nSPS) is 20.2. The van der Waals surface area contributed by atoms with Crippen molar-refractivity contribution in [3.05, 3.63) is 35.9 Å². The van der Waals surface area contributed by atoms with Crippen molar-refractivity contribution in [2.24, 2.45) is 17.3 Å². The summed E-state index contributed by atoms with van der Waals surface area (Å²) in [6, 6.07) is 9.93. The molecular weight excluding hydrogens is 316 g/mol. The fraction of sp³-hybridized carbons (Fsp3) is 0.600. The van der Waals surface area contributed by atoms with Crippen LogP contribution in [0.5, 0.6) is 0 Å². The van der Waals surface area contributed by atoms with Gasteiger partial charge in [-0.3, -0.25) is 9.59 Å². The summed E-state index contributed by atoms with van der Waals surface area (Å²) in [6.07, 6.45) is 1.47. The summed E-state index contributed by atoms with van der Waals surface area (Å²) in [5.41, 5.74) is 0.759. The van der Waals surface area contributed by atoms with Crippen molar-refractivity contribution in [3.8, 4) is 0 Å². The van der Waals surface area contributed by atoms with E-state index in [1.807, 2.05) is 35.2 Å². The van der Waals surface area contributed by atoms with Gasteiger partial charge >= 0.3 is 0 Å². The number of nitrogens with one attached hydrogen (secondary N) is 1. The van der Waals surface area contributed by atoms with Crippen molar-refractivity contribution in [1.82, 2.24) is 10.2 Å². The maximum absolute atomic E-state index is 12.9. The Bertz CT molecular complexity index is 603. The van der Waals surface area contributed by atoms with Gasteiger partial charge in [-0.05, 0) is 24.3 Å². The molecule has 0 radical (unpaired) electrons. The first-order valence-corrected chi connectivity index (χ1v) is 9.22. The van der Waals surface area contributed by atoms with Gasteiger partial charge in [-0.25, -0.2) is 0 Å². The van der Waals surface area contributed by atoms with Crippen molar-refractivity contribution in [2.75, 3.05) is 26.3 Å². The molecule has 2 saturated heterocycles. The Morgan fingerprint density at radius 3 is 2.36 bits per heavy atom. The molecule has 0 atom stereocenters. The number of rotatable bonds is 5. The first-order chi connectivity index (χ1) is 12.0. The number of hydrogen-bond acceptors (Lipinski definition) is 3. The summed E-state index contributed by atoms with van der Waals surface area (Å²) in [7, 11) is 0. The number of ether oxygens (including phenoxy) is 1. The van der Waals surface area contributed by atoms with Crippen LogP contribution < -0.4 is 5.32 Å². The molecule has 2 amide bonds. The second kappa shape index (κ2) is 7.56. The van der Waals surface area contributed by atoms with Crippen LogP contribution in [0.4, 0.5) is 0 Å². The van der Waals surface area contributed by atoms with Gasteiger partial charge in [0.1, 0.15) is 0 Å². The third-order valence-electron chi connectivity index (χ3n) is 5.71. The molecule has 2 aliphatic heterocycles. The molecule has 25 heavy (non-hydrogen) atoms.